The Kier molecular flexibility index (Phi) is 3.68. The zero-order chi connectivity index (χ0) is 16.5. The molecule has 0 saturated carbocycles. The van der Waals surface area contributed by atoms with Crippen LogP contribution in [-0.2, 0) is 0 Å². The van der Waals surface area contributed by atoms with Crippen molar-refractivity contribution in [2.24, 2.45) is 0 Å². The molecule has 4 aromatic rings. The zero-order valence-corrected chi connectivity index (χ0v) is 13.7. The van der Waals surface area contributed by atoms with Crippen LogP contribution in [0.15, 0.2) is 85.6 Å². The predicted octanol–water partition coefficient (Wildman–Crippen LogP) is 5.72. The minimum absolute atomic E-state index is 0.716. The van der Waals surface area contributed by atoms with Gasteiger partial charge in [-0.15, -0.1) is 0 Å². The van der Waals surface area contributed by atoms with E-state index in [0.717, 1.165) is 33.7 Å². The summed E-state index contributed by atoms with van der Waals surface area (Å²) in [6.07, 6.45) is 2.02. The van der Waals surface area contributed by atoms with Gasteiger partial charge >= 0.3 is 0 Å². The highest BCUT2D eigenvalue weighted by molar-refractivity contribution is 6.30. The van der Waals surface area contributed by atoms with Crippen LogP contribution in [0.4, 0.5) is 0 Å². The molecule has 0 atom stereocenters. The number of aromatic nitrogens is 2. The maximum absolute atomic E-state index is 6.02. The summed E-state index contributed by atoms with van der Waals surface area (Å²) in [5.41, 5.74) is 5.86. The summed E-state index contributed by atoms with van der Waals surface area (Å²) in [6, 6.07) is 23.9. The lowest BCUT2D eigenvalue weighted by Crippen LogP contribution is -1.95. The maximum atomic E-state index is 6.02. The first kappa shape index (κ1) is 14.7. The van der Waals surface area contributed by atoms with Gasteiger partial charge < -0.3 is 0 Å². The van der Waals surface area contributed by atoms with Crippen molar-refractivity contribution in [2.75, 3.05) is 0 Å². The lowest BCUT2D eigenvalue weighted by atomic mass is 10.00. The average Bonchev–Trinajstić information content (AvgIpc) is 3.02. The summed E-state index contributed by atoms with van der Waals surface area (Å²) in [6.45, 7) is 4.33. The molecule has 0 aliphatic heterocycles. The molecule has 0 aliphatic carbocycles. The number of halogens is 1. The molecule has 116 valence electrons. The Morgan fingerprint density at radius 3 is 2.33 bits per heavy atom. The molecule has 0 unspecified atom stereocenters. The molecule has 0 amide bonds. The smallest absolute Gasteiger partial charge is 0.137 e. The van der Waals surface area contributed by atoms with Crippen LogP contribution in [0.25, 0.3) is 22.5 Å². The molecule has 0 fully saturated rings. The molecule has 0 saturated heterocycles. The fourth-order valence-electron chi connectivity index (χ4n) is 2.87. The highest BCUT2D eigenvalue weighted by Crippen LogP contribution is 2.32. The van der Waals surface area contributed by atoms with E-state index in [0.29, 0.717) is 5.02 Å². The summed E-state index contributed by atoms with van der Waals surface area (Å²) < 4.78 is 2.08. The van der Waals surface area contributed by atoms with Crippen LogP contribution in [0.5, 0.6) is 0 Å². The first-order chi connectivity index (χ1) is 11.7. The third kappa shape index (κ3) is 2.51. The fraction of sp³-hybridized carbons (Fsp3) is 0. The van der Waals surface area contributed by atoms with Crippen LogP contribution in [0.3, 0.4) is 0 Å². The Hall–Kier alpha value is -2.84. The molecular formula is C21H15ClN2. The van der Waals surface area contributed by atoms with Gasteiger partial charge in [-0.3, -0.25) is 4.40 Å². The molecule has 2 aromatic carbocycles. The van der Waals surface area contributed by atoms with Gasteiger partial charge in [0, 0.05) is 22.4 Å². The van der Waals surface area contributed by atoms with Gasteiger partial charge in [0.05, 0.1) is 11.4 Å². The number of fused-ring (bicyclic) bond motifs is 1. The van der Waals surface area contributed by atoms with Crippen molar-refractivity contribution in [3.8, 4) is 11.3 Å². The molecular weight excluding hydrogens is 316 g/mol. The van der Waals surface area contributed by atoms with Crippen molar-refractivity contribution >= 4 is 22.8 Å². The van der Waals surface area contributed by atoms with Crippen molar-refractivity contribution in [1.29, 1.82) is 0 Å². The lowest BCUT2D eigenvalue weighted by molar-refractivity contribution is 1.16. The van der Waals surface area contributed by atoms with Crippen molar-refractivity contribution in [3.05, 3.63) is 102 Å². The van der Waals surface area contributed by atoms with E-state index in [-0.39, 0.29) is 0 Å². The molecule has 4 rings (SSSR count). The first-order valence-corrected chi connectivity index (χ1v) is 8.09. The van der Waals surface area contributed by atoms with Crippen LogP contribution in [-0.4, -0.2) is 9.38 Å². The minimum atomic E-state index is 0.716. The Labute approximate surface area is 145 Å². The molecule has 0 spiro atoms. The van der Waals surface area contributed by atoms with Gasteiger partial charge in [0.1, 0.15) is 5.65 Å². The number of hydrogen-bond donors (Lipinski definition) is 0. The second-order valence-electron chi connectivity index (χ2n) is 5.59. The van der Waals surface area contributed by atoms with E-state index in [1.54, 1.807) is 0 Å². The predicted molar refractivity (Wildman–Crippen MR) is 100 cm³/mol. The number of rotatable bonds is 3. The molecule has 2 aromatic heterocycles. The second kappa shape index (κ2) is 5.99. The third-order valence-electron chi connectivity index (χ3n) is 4.06. The van der Waals surface area contributed by atoms with Gasteiger partial charge in [-0.25, -0.2) is 4.98 Å². The Morgan fingerprint density at radius 1 is 0.875 bits per heavy atom. The van der Waals surface area contributed by atoms with Crippen molar-refractivity contribution < 1.29 is 0 Å². The van der Waals surface area contributed by atoms with E-state index < -0.39 is 0 Å². The van der Waals surface area contributed by atoms with Crippen molar-refractivity contribution in [2.45, 2.75) is 0 Å². The van der Waals surface area contributed by atoms with E-state index in [1.807, 2.05) is 66.9 Å². The van der Waals surface area contributed by atoms with Crippen LogP contribution >= 0.6 is 11.6 Å². The van der Waals surface area contributed by atoms with E-state index >= 15 is 0 Å². The summed E-state index contributed by atoms with van der Waals surface area (Å²) in [5.74, 6) is 0. The minimum Gasteiger partial charge on any atom is -0.299 e. The van der Waals surface area contributed by atoms with Gasteiger partial charge in [0.25, 0.3) is 0 Å². The quantitative estimate of drug-likeness (QED) is 0.470. The molecule has 0 N–H and O–H groups in total. The molecule has 2 heterocycles. The van der Waals surface area contributed by atoms with Gasteiger partial charge in [-0.1, -0.05) is 66.7 Å². The molecule has 3 heteroatoms. The fourth-order valence-corrected chi connectivity index (χ4v) is 3.00. The Morgan fingerprint density at radius 2 is 1.58 bits per heavy atom. The topological polar surface area (TPSA) is 17.3 Å². The van der Waals surface area contributed by atoms with E-state index in [2.05, 4.69) is 23.1 Å². The van der Waals surface area contributed by atoms with E-state index in [9.17, 15) is 0 Å². The number of imidazole rings is 1. The average molecular weight is 331 g/mol. The van der Waals surface area contributed by atoms with Crippen LogP contribution in [0.2, 0.25) is 5.02 Å². The standard InChI is InChI=1S/C21H15ClN2/c1-15(16-10-12-18(22)13-11-16)21-20(17-7-3-2-4-8-17)23-19-9-5-6-14-24(19)21/h2-14H,1H2. The summed E-state index contributed by atoms with van der Waals surface area (Å²) in [4.78, 5) is 4.82. The molecule has 0 aliphatic rings. The van der Waals surface area contributed by atoms with Crippen molar-refractivity contribution in [3.63, 3.8) is 0 Å². The molecule has 24 heavy (non-hydrogen) atoms. The van der Waals surface area contributed by atoms with Crippen LogP contribution in [0.1, 0.15) is 11.3 Å². The normalized spacial score (nSPS) is 10.9. The number of benzene rings is 2. The van der Waals surface area contributed by atoms with Gasteiger partial charge in [-0.05, 0) is 29.8 Å². The number of nitrogens with zero attached hydrogens (tertiary/aromatic N) is 2. The molecule has 0 bridgehead atoms. The third-order valence-corrected chi connectivity index (χ3v) is 4.31. The van der Waals surface area contributed by atoms with Gasteiger partial charge in [-0.2, -0.15) is 0 Å². The number of hydrogen-bond acceptors (Lipinski definition) is 1. The Balaban J connectivity index is 1.96. The highest BCUT2D eigenvalue weighted by Gasteiger charge is 2.17. The van der Waals surface area contributed by atoms with Gasteiger partial charge in [0.15, 0.2) is 0 Å². The molecule has 0 radical (unpaired) electrons. The van der Waals surface area contributed by atoms with E-state index in [1.165, 1.54) is 0 Å². The van der Waals surface area contributed by atoms with Crippen LogP contribution < -0.4 is 0 Å². The van der Waals surface area contributed by atoms with E-state index in [4.69, 9.17) is 16.6 Å². The highest BCUT2D eigenvalue weighted by atomic mass is 35.5. The zero-order valence-electron chi connectivity index (χ0n) is 13.0. The van der Waals surface area contributed by atoms with Crippen molar-refractivity contribution in [1.82, 2.24) is 9.38 Å². The lowest BCUT2D eigenvalue weighted by Gasteiger charge is -2.09. The largest absolute Gasteiger partial charge is 0.299 e. The Bertz CT molecular complexity index is 1010. The monoisotopic (exact) mass is 330 g/mol. The number of pyridine rings is 1. The maximum Gasteiger partial charge on any atom is 0.137 e. The van der Waals surface area contributed by atoms with Crippen LogP contribution in [0, 0.1) is 0 Å². The SMILES string of the molecule is C=C(c1ccc(Cl)cc1)c1c(-c2ccccc2)nc2ccccn12. The second-order valence-corrected chi connectivity index (χ2v) is 6.03. The summed E-state index contributed by atoms with van der Waals surface area (Å²) in [7, 11) is 0. The summed E-state index contributed by atoms with van der Waals surface area (Å²) in [5, 5.41) is 0.716. The van der Waals surface area contributed by atoms with Gasteiger partial charge in [0.2, 0.25) is 0 Å². The first-order valence-electron chi connectivity index (χ1n) is 7.72. The summed E-state index contributed by atoms with van der Waals surface area (Å²) >= 11 is 6.02. The molecule has 2 nitrogen and oxygen atoms in total.